The number of alkyl halides is 3. The van der Waals surface area contributed by atoms with Gasteiger partial charge in [-0.25, -0.2) is 0 Å². The van der Waals surface area contributed by atoms with Crippen molar-refractivity contribution in [3.05, 3.63) is 47.0 Å². The van der Waals surface area contributed by atoms with Gasteiger partial charge in [-0.05, 0) is 17.1 Å². The molecular weight excluding hydrogens is 307 g/mol. The highest BCUT2D eigenvalue weighted by atomic mass is 32.1. The molecule has 1 heterocycles. The molecule has 5 nitrogen and oxygen atoms in total. The fourth-order valence-corrected chi connectivity index (χ4v) is 2.07. The first-order chi connectivity index (χ1) is 9.84. The van der Waals surface area contributed by atoms with E-state index in [-0.39, 0.29) is 10.4 Å². The van der Waals surface area contributed by atoms with Crippen molar-refractivity contribution in [2.75, 3.05) is 6.54 Å². The number of nitrogens with zero attached hydrogens (tertiary/aromatic N) is 2. The molecule has 0 bridgehead atoms. The molecule has 1 aromatic carbocycles. The van der Waals surface area contributed by atoms with Gasteiger partial charge >= 0.3 is 6.18 Å². The second-order valence-corrected chi connectivity index (χ2v) is 4.97. The van der Waals surface area contributed by atoms with Gasteiger partial charge in [0.15, 0.2) is 0 Å². The van der Waals surface area contributed by atoms with Gasteiger partial charge in [-0.15, -0.1) is 5.10 Å². The third-order valence-electron chi connectivity index (χ3n) is 2.81. The van der Waals surface area contributed by atoms with Crippen molar-refractivity contribution in [2.45, 2.75) is 11.8 Å². The second-order valence-electron chi connectivity index (χ2n) is 4.19. The molecule has 0 saturated heterocycles. The van der Waals surface area contributed by atoms with E-state index in [9.17, 15) is 23.1 Å². The summed E-state index contributed by atoms with van der Waals surface area (Å²) in [5, 5.41) is 15.5. The smallest absolute Gasteiger partial charge is 0.375 e. The molecule has 2 rings (SSSR count). The van der Waals surface area contributed by atoms with Crippen LogP contribution in [0.4, 0.5) is 13.2 Å². The van der Waals surface area contributed by atoms with Gasteiger partial charge in [0.1, 0.15) is 4.88 Å². The minimum absolute atomic E-state index is 0.0626. The predicted molar refractivity (Wildman–Crippen MR) is 68.6 cm³/mol. The van der Waals surface area contributed by atoms with E-state index in [0.717, 1.165) is 29.9 Å². The number of halogens is 3. The fraction of sp³-hybridized carbons (Fsp3) is 0.250. The highest BCUT2D eigenvalue weighted by Gasteiger charge is 2.55. The number of aromatic nitrogens is 2. The van der Waals surface area contributed by atoms with Crippen molar-refractivity contribution >= 4 is 17.4 Å². The molecule has 0 aliphatic rings. The van der Waals surface area contributed by atoms with E-state index in [1.54, 1.807) is 0 Å². The van der Waals surface area contributed by atoms with Crippen molar-refractivity contribution in [2.24, 2.45) is 0 Å². The Morgan fingerprint density at radius 3 is 2.48 bits per heavy atom. The van der Waals surface area contributed by atoms with Crippen molar-refractivity contribution in [3.63, 3.8) is 0 Å². The molecule has 0 aliphatic heterocycles. The molecule has 1 amide bonds. The quantitative estimate of drug-likeness (QED) is 0.900. The lowest BCUT2D eigenvalue weighted by Gasteiger charge is -2.31. The molecule has 112 valence electrons. The number of amides is 1. The Hall–Kier alpha value is -2.00. The summed E-state index contributed by atoms with van der Waals surface area (Å²) in [6.07, 6.45) is -3.80. The summed E-state index contributed by atoms with van der Waals surface area (Å²) in [7, 11) is 0. The van der Waals surface area contributed by atoms with Gasteiger partial charge in [-0.2, -0.15) is 13.2 Å². The first-order valence-electron chi connectivity index (χ1n) is 5.75. The molecule has 21 heavy (non-hydrogen) atoms. The zero-order valence-corrected chi connectivity index (χ0v) is 11.3. The van der Waals surface area contributed by atoms with Gasteiger partial charge in [-0.1, -0.05) is 34.8 Å². The van der Waals surface area contributed by atoms with Crippen LogP contribution in [0, 0.1) is 0 Å². The van der Waals surface area contributed by atoms with E-state index in [4.69, 9.17) is 0 Å². The number of hydrogen-bond acceptors (Lipinski definition) is 5. The summed E-state index contributed by atoms with van der Waals surface area (Å²) < 4.78 is 42.9. The molecule has 1 unspecified atom stereocenters. The Bertz CT molecular complexity index is 604. The molecule has 0 spiro atoms. The Balaban J connectivity index is 2.20. The van der Waals surface area contributed by atoms with Crippen molar-refractivity contribution in [3.8, 4) is 0 Å². The molecule has 2 N–H and O–H groups in total. The predicted octanol–water partition coefficient (Wildman–Crippen LogP) is 1.72. The summed E-state index contributed by atoms with van der Waals surface area (Å²) in [4.78, 5) is 11.7. The third-order valence-corrected chi connectivity index (χ3v) is 3.47. The van der Waals surface area contributed by atoms with Crippen LogP contribution in [0.2, 0.25) is 0 Å². The van der Waals surface area contributed by atoms with Gasteiger partial charge in [0, 0.05) is 0 Å². The largest absolute Gasteiger partial charge is 0.423 e. The van der Waals surface area contributed by atoms with Gasteiger partial charge in [0.2, 0.25) is 5.60 Å². The zero-order valence-electron chi connectivity index (χ0n) is 10.5. The van der Waals surface area contributed by atoms with Crippen LogP contribution in [0.3, 0.4) is 0 Å². The monoisotopic (exact) mass is 317 g/mol. The maximum Gasteiger partial charge on any atom is 0.423 e. The second kappa shape index (κ2) is 5.78. The molecule has 0 radical (unpaired) electrons. The summed E-state index contributed by atoms with van der Waals surface area (Å²) in [5.74, 6) is -0.774. The molecular formula is C12H10F3N3O2S. The van der Waals surface area contributed by atoms with Crippen LogP contribution >= 0.6 is 11.5 Å². The zero-order chi connectivity index (χ0) is 15.5. The molecule has 9 heteroatoms. The normalized spacial score (nSPS) is 14.5. The van der Waals surface area contributed by atoms with Crippen molar-refractivity contribution in [1.29, 1.82) is 0 Å². The van der Waals surface area contributed by atoms with Crippen molar-refractivity contribution < 1.29 is 23.1 Å². The highest BCUT2D eigenvalue weighted by Crippen LogP contribution is 2.38. The Morgan fingerprint density at radius 1 is 1.29 bits per heavy atom. The standard InChI is InChI=1S/C12H10F3N3O2S/c13-12(14,15)11(20,8-4-2-1-3-5-8)7-16-10(19)9-6-17-18-21-9/h1-6,20H,7H2,(H,16,19). The third kappa shape index (κ3) is 3.19. The van der Waals surface area contributed by atoms with Crippen molar-refractivity contribution in [1.82, 2.24) is 14.9 Å². The lowest BCUT2D eigenvalue weighted by atomic mass is 9.93. The highest BCUT2D eigenvalue weighted by molar-refractivity contribution is 7.07. The lowest BCUT2D eigenvalue weighted by molar-refractivity contribution is -0.263. The van der Waals surface area contributed by atoms with Crippen LogP contribution in [-0.4, -0.2) is 33.3 Å². The number of aliphatic hydroxyl groups is 1. The SMILES string of the molecule is O=C(NCC(O)(c1ccccc1)C(F)(F)F)c1cnns1. The Morgan fingerprint density at radius 2 is 1.95 bits per heavy atom. The maximum absolute atomic E-state index is 13.2. The average Bonchev–Trinajstić information content (AvgIpc) is 2.98. The first kappa shape index (κ1) is 15.4. The first-order valence-corrected chi connectivity index (χ1v) is 6.52. The molecule has 1 aromatic heterocycles. The molecule has 2 aromatic rings. The maximum atomic E-state index is 13.2. The van der Waals surface area contributed by atoms with Gasteiger partial charge in [0.05, 0.1) is 12.7 Å². The number of carbonyl (C=O) groups is 1. The van der Waals surface area contributed by atoms with Crippen LogP contribution in [-0.2, 0) is 5.60 Å². The summed E-state index contributed by atoms with van der Waals surface area (Å²) in [5.41, 5.74) is -3.51. The van der Waals surface area contributed by atoms with E-state index in [0.29, 0.717) is 0 Å². The van der Waals surface area contributed by atoms with Gasteiger partial charge in [0.25, 0.3) is 5.91 Å². The lowest BCUT2D eigenvalue weighted by Crippen LogP contribution is -2.51. The van der Waals surface area contributed by atoms with E-state index in [1.165, 1.54) is 18.2 Å². The van der Waals surface area contributed by atoms with Crippen LogP contribution in [0.1, 0.15) is 15.2 Å². The number of benzene rings is 1. The average molecular weight is 317 g/mol. The number of nitrogens with one attached hydrogen (secondary N) is 1. The minimum Gasteiger partial charge on any atom is -0.375 e. The van der Waals surface area contributed by atoms with Crippen LogP contribution < -0.4 is 5.32 Å². The topological polar surface area (TPSA) is 75.1 Å². The number of carbonyl (C=O) groups excluding carboxylic acids is 1. The summed E-state index contributed by atoms with van der Waals surface area (Å²) in [6, 6.07) is 6.58. The number of rotatable bonds is 4. The van der Waals surface area contributed by atoms with Gasteiger partial charge < -0.3 is 10.4 Å². The Labute approximate surface area is 121 Å². The fourth-order valence-electron chi connectivity index (χ4n) is 1.64. The van der Waals surface area contributed by atoms with E-state index < -0.39 is 24.2 Å². The van der Waals surface area contributed by atoms with Gasteiger partial charge in [-0.3, -0.25) is 4.79 Å². The summed E-state index contributed by atoms with van der Waals surface area (Å²) >= 11 is 0.749. The molecule has 0 aliphatic carbocycles. The van der Waals surface area contributed by atoms with E-state index in [1.807, 2.05) is 0 Å². The van der Waals surface area contributed by atoms with Crippen LogP contribution in [0.25, 0.3) is 0 Å². The van der Waals surface area contributed by atoms with Crippen LogP contribution in [0.5, 0.6) is 0 Å². The minimum atomic E-state index is -4.94. The molecule has 0 saturated carbocycles. The molecule has 1 atom stereocenters. The van der Waals surface area contributed by atoms with E-state index >= 15 is 0 Å². The Kier molecular flexibility index (Phi) is 4.24. The number of hydrogen-bond donors (Lipinski definition) is 2. The molecule has 0 fully saturated rings. The van der Waals surface area contributed by atoms with E-state index in [2.05, 4.69) is 14.9 Å². The summed E-state index contributed by atoms with van der Waals surface area (Å²) in [6.45, 7) is -1.00. The van der Waals surface area contributed by atoms with Crippen LogP contribution in [0.15, 0.2) is 36.5 Å².